The molecular weight excluding hydrogens is 248 g/mol. The minimum absolute atomic E-state index is 0.0434. The maximum absolute atomic E-state index is 11.3. The van der Waals surface area contributed by atoms with E-state index < -0.39 is 15.9 Å². The second-order valence-electron chi connectivity index (χ2n) is 3.12. The van der Waals surface area contributed by atoms with Crippen molar-refractivity contribution in [3.8, 4) is 0 Å². The van der Waals surface area contributed by atoms with E-state index in [1.165, 1.54) is 30.0 Å². The highest BCUT2D eigenvalue weighted by Crippen LogP contribution is 2.22. The van der Waals surface area contributed by atoms with Crippen LogP contribution < -0.4 is 10.9 Å². The molecule has 0 aliphatic rings. The van der Waals surface area contributed by atoms with Crippen molar-refractivity contribution in [1.82, 2.24) is 0 Å². The first-order valence-electron chi connectivity index (χ1n) is 4.31. The van der Waals surface area contributed by atoms with Crippen molar-refractivity contribution in [2.45, 2.75) is 10.6 Å². The predicted molar refractivity (Wildman–Crippen MR) is 63.6 cm³/mol. The second kappa shape index (κ2) is 4.86. The van der Waals surface area contributed by atoms with Crippen molar-refractivity contribution in [2.75, 3.05) is 6.26 Å². The predicted octanol–water partition coefficient (Wildman–Crippen LogP) is 0.296. The lowest BCUT2D eigenvalue weighted by Gasteiger charge is -2.10. The maximum atomic E-state index is 11.3. The number of rotatable bonds is 4. The first-order valence-corrected chi connectivity index (χ1v) is 7.25. The Hall–Kier alpha value is -1.05. The molecule has 16 heavy (non-hydrogen) atoms. The number of benzene rings is 1. The fourth-order valence-electron chi connectivity index (χ4n) is 1.36. The number of nitrogens with two attached hydrogens (primary N) is 2. The summed E-state index contributed by atoms with van der Waals surface area (Å²) in [6.07, 6.45) is 1.80. The van der Waals surface area contributed by atoms with Gasteiger partial charge in [-0.3, -0.25) is 4.79 Å². The molecule has 7 heteroatoms. The topological polar surface area (TPSA) is 103 Å². The number of primary sulfonamides is 1. The van der Waals surface area contributed by atoms with E-state index in [0.717, 1.165) is 0 Å². The summed E-state index contributed by atoms with van der Waals surface area (Å²) in [5, 5.41) is 5.07. The normalized spacial score (nSPS) is 11.4. The third kappa shape index (κ3) is 2.75. The van der Waals surface area contributed by atoms with Crippen molar-refractivity contribution in [2.24, 2.45) is 10.9 Å². The lowest BCUT2D eigenvalue weighted by Crippen LogP contribution is -2.19. The van der Waals surface area contributed by atoms with E-state index in [1.807, 2.05) is 0 Å². The summed E-state index contributed by atoms with van der Waals surface area (Å²) in [7, 11) is -3.83. The summed E-state index contributed by atoms with van der Waals surface area (Å²) >= 11 is 1.39. The van der Waals surface area contributed by atoms with Crippen LogP contribution in [-0.2, 0) is 15.8 Å². The summed E-state index contributed by atoms with van der Waals surface area (Å²) < 4.78 is 22.6. The van der Waals surface area contributed by atoms with E-state index in [1.54, 1.807) is 6.26 Å². The van der Waals surface area contributed by atoms with Gasteiger partial charge in [0.25, 0.3) is 0 Å². The van der Waals surface area contributed by atoms with Gasteiger partial charge in [-0.1, -0.05) is 6.07 Å². The van der Waals surface area contributed by atoms with Gasteiger partial charge in [0.2, 0.25) is 15.9 Å². The molecule has 0 saturated carbocycles. The SMILES string of the molecule is CSCc1c(C(N)=O)cccc1S(N)(=O)=O. The molecule has 4 N–H and O–H groups in total. The van der Waals surface area contributed by atoms with Crippen LogP contribution in [0.3, 0.4) is 0 Å². The van der Waals surface area contributed by atoms with Crippen LogP contribution in [0.2, 0.25) is 0 Å². The highest BCUT2D eigenvalue weighted by molar-refractivity contribution is 7.97. The largest absolute Gasteiger partial charge is 0.366 e. The van der Waals surface area contributed by atoms with Crippen LogP contribution in [0.25, 0.3) is 0 Å². The molecule has 1 rings (SSSR count). The molecule has 0 radical (unpaired) electrons. The molecule has 1 aromatic carbocycles. The lowest BCUT2D eigenvalue weighted by atomic mass is 10.1. The van der Waals surface area contributed by atoms with Gasteiger partial charge in [0.05, 0.1) is 4.90 Å². The van der Waals surface area contributed by atoms with Gasteiger partial charge < -0.3 is 5.73 Å². The zero-order valence-electron chi connectivity index (χ0n) is 8.64. The van der Waals surface area contributed by atoms with Gasteiger partial charge in [0, 0.05) is 11.3 Å². The molecule has 0 atom stereocenters. The van der Waals surface area contributed by atoms with Crippen LogP contribution in [0.5, 0.6) is 0 Å². The Bertz CT molecular complexity index is 511. The number of primary amides is 1. The highest BCUT2D eigenvalue weighted by atomic mass is 32.2. The Labute approximate surface area is 98.3 Å². The monoisotopic (exact) mass is 260 g/mol. The van der Waals surface area contributed by atoms with Crippen LogP contribution in [0.1, 0.15) is 15.9 Å². The highest BCUT2D eigenvalue weighted by Gasteiger charge is 2.18. The Kier molecular flexibility index (Phi) is 3.95. The summed E-state index contributed by atoms with van der Waals surface area (Å²) in [4.78, 5) is 11.1. The first-order chi connectivity index (χ1) is 7.38. The van der Waals surface area contributed by atoms with E-state index in [4.69, 9.17) is 10.9 Å². The summed E-state index contributed by atoms with van der Waals surface area (Å²) in [5.74, 6) is -0.292. The second-order valence-corrected chi connectivity index (χ2v) is 5.52. The van der Waals surface area contributed by atoms with E-state index in [-0.39, 0.29) is 10.5 Å². The van der Waals surface area contributed by atoms with E-state index >= 15 is 0 Å². The Morgan fingerprint density at radius 3 is 2.50 bits per heavy atom. The standard InChI is InChI=1S/C9H12N2O3S2/c1-15-5-7-6(9(10)12)3-2-4-8(7)16(11,13)14/h2-4H,5H2,1H3,(H2,10,12)(H2,11,13,14). The third-order valence-corrected chi connectivity index (χ3v) is 3.57. The molecule has 0 aromatic heterocycles. The number of thioether (sulfide) groups is 1. The molecule has 5 nitrogen and oxygen atoms in total. The minimum Gasteiger partial charge on any atom is -0.366 e. The van der Waals surface area contributed by atoms with Gasteiger partial charge in [-0.25, -0.2) is 13.6 Å². The van der Waals surface area contributed by atoms with Crippen LogP contribution in [0.4, 0.5) is 0 Å². The molecule has 0 aliphatic heterocycles. The lowest BCUT2D eigenvalue weighted by molar-refractivity contribution is 0.0999. The van der Waals surface area contributed by atoms with E-state index in [0.29, 0.717) is 11.3 Å². The Balaban J connectivity index is 3.51. The van der Waals surface area contributed by atoms with Crippen molar-refractivity contribution in [3.63, 3.8) is 0 Å². The fourth-order valence-corrected chi connectivity index (χ4v) is 2.84. The smallest absolute Gasteiger partial charge is 0.249 e. The third-order valence-electron chi connectivity index (χ3n) is 1.99. The van der Waals surface area contributed by atoms with Crippen molar-refractivity contribution in [1.29, 1.82) is 0 Å². The van der Waals surface area contributed by atoms with Crippen molar-refractivity contribution in [3.05, 3.63) is 29.3 Å². The number of carbonyl (C=O) groups excluding carboxylic acids is 1. The molecule has 88 valence electrons. The molecule has 0 bridgehead atoms. The number of sulfonamides is 1. The van der Waals surface area contributed by atoms with Crippen LogP contribution >= 0.6 is 11.8 Å². The zero-order valence-corrected chi connectivity index (χ0v) is 10.3. The number of carbonyl (C=O) groups is 1. The van der Waals surface area contributed by atoms with Crippen molar-refractivity contribution < 1.29 is 13.2 Å². The molecular formula is C9H12N2O3S2. The van der Waals surface area contributed by atoms with Gasteiger partial charge in [0.1, 0.15) is 0 Å². The van der Waals surface area contributed by atoms with E-state index in [9.17, 15) is 13.2 Å². The molecule has 0 heterocycles. The van der Waals surface area contributed by atoms with Crippen LogP contribution in [0.15, 0.2) is 23.1 Å². The summed E-state index contributed by atoms with van der Waals surface area (Å²) in [5.41, 5.74) is 5.73. The fraction of sp³-hybridized carbons (Fsp3) is 0.222. The Morgan fingerprint density at radius 1 is 1.44 bits per heavy atom. The molecule has 0 aliphatic carbocycles. The van der Waals surface area contributed by atoms with Gasteiger partial charge in [-0.05, 0) is 24.0 Å². The van der Waals surface area contributed by atoms with Gasteiger partial charge in [-0.2, -0.15) is 11.8 Å². The van der Waals surface area contributed by atoms with Gasteiger partial charge in [-0.15, -0.1) is 0 Å². The van der Waals surface area contributed by atoms with Gasteiger partial charge in [0.15, 0.2) is 0 Å². The van der Waals surface area contributed by atoms with Crippen LogP contribution in [-0.4, -0.2) is 20.6 Å². The van der Waals surface area contributed by atoms with Crippen molar-refractivity contribution >= 4 is 27.7 Å². The van der Waals surface area contributed by atoms with Gasteiger partial charge >= 0.3 is 0 Å². The number of hydrogen-bond donors (Lipinski definition) is 2. The molecule has 1 aromatic rings. The first kappa shape index (κ1) is 13.0. The number of amides is 1. The number of hydrogen-bond acceptors (Lipinski definition) is 4. The zero-order chi connectivity index (χ0) is 12.3. The summed E-state index contributed by atoms with van der Waals surface area (Å²) in [6, 6.07) is 4.31. The maximum Gasteiger partial charge on any atom is 0.249 e. The molecule has 0 fully saturated rings. The minimum atomic E-state index is -3.83. The molecule has 0 unspecified atom stereocenters. The molecule has 0 saturated heterocycles. The average Bonchev–Trinajstić information content (AvgIpc) is 2.16. The Morgan fingerprint density at radius 2 is 2.06 bits per heavy atom. The van der Waals surface area contributed by atoms with E-state index in [2.05, 4.69) is 0 Å². The quantitative estimate of drug-likeness (QED) is 0.812. The summed E-state index contributed by atoms with van der Waals surface area (Å²) in [6.45, 7) is 0. The van der Waals surface area contributed by atoms with Crippen LogP contribution in [0, 0.1) is 0 Å². The average molecular weight is 260 g/mol. The molecule has 1 amide bonds. The molecule has 0 spiro atoms.